The van der Waals surface area contributed by atoms with E-state index in [0.717, 1.165) is 42.0 Å². The van der Waals surface area contributed by atoms with Gasteiger partial charge in [-0.1, -0.05) is 43.7 Å². The minimum Gasteiger partial charge on any atom is -0.354 e. The first kappa shape index (κ1) is 19.4. The molecule has 0 unspecified atom stereocenters. The highest BCUT2D eigenvalue weighted by molar-refractivity contribution is 5.88. The molecule has 0 aliphatic rings. The molecule has 0 aliphatic heterocycles. The van der Waals surface area contributed by atoms with Crippen LogP contribution in [-0.4, -0.2) is 22.4 Å². The highest BCUT2D eigenvalue weighted by Crippen LogP contribution is 2.24. The van der Waals surface area contributed by atoms with Crippen molar-refractivity contribution >= 4 is 29.0 Å². The van der Waals surface area contributed by atoms with Crippen molar-refractivity contribution in [1.29, 1.82) is 0 Å². The maximum atomic E-state index is 11.2. The molecule has 144 valence electrons. The summed E-state index contributed by atoms with van der Waals surface area (Å²) in [6.45, 7) is 4.48. The second-order valence-corrected chi connectivity index (χ2v) is 6.49. The molecule has 0 spiro atoms. The first-order valence-electron chi connectivity index (χ1n) is 9.47. The van der Waals surface area contributed by atoms with Gasteiger partial charge in [0.15, 0.2) is 0 Å². The van der Waals surface area contributed by atoms with Crippen molar-refractivity contribution in [2.24, 2.45) is 0 Å². The topological polar surface area (TPSA) is 78.9 Å². The Morgan fingerprint density at radius 1 is 0.964 bits per heavy atom. The zero-order chi connectivity index (χ0) is 19.8. The molecule has 6 heteroatoms. The van der Waals surface area contributed by atoms with Crippen molar-refractivity contribution in [2.75, 3.05) is 22.5 Å². The monoisotopic (exact) mass is 375 g/mol. The van der Waals surface area contributed by atoms with E-state index in [1.54, 1.807) is 0 Å². The van der Waals surface area contributed by atoms with Gasteiger partial charge in [-0.3, -0.25) is 4.79 Å². The average molecular weight is 375 g/mol. The second-order valence-electron chi connectivity index (χ2n) is 6.49. The Morgan fingerprint density at radius 2 is 1.68 bits per heavy atom. The van der Waals surface area contributed by atoms with Crippen LogP contribution in [0.15, 0.2) is 60.7 Å². The van der Waals surface area contributed by atoms with Crippen molar-refractivity contribution in [3.8, 4) is 11.3 Å². The molecule has 1 amide bonds. The van der Waals surface area contributed by atoms with Crippen LogP contribution in [0.4, 0.5) is 23.1 Å². The third kappa shape index (κ3) is 5.54. The van der Waals surface area contributed by atoms with Gasteiger partial charge in [-0.05, 0) is 30.7 Å². The summed E-state index contributed by atoms with van der Waals surface area (Å²) in [6.07, 6.45) is 2.17. The van der Waals surface area contributed by atoms with Gasteiger partial charge in [0.05, 0.1) is 5.69 Å². The summed E-state index contributed by atoms with van der Waals surface area (Å²) in [5.41, 5.74) is 3.53. The van der Waals surface area contributed by atoms with Gasteiger partial charge >= 0.3 is 0 Å². The fraction of sp³-hybridized carbons (Fsp3) is 0.227. The summed E-state index contributed by atoms with van der Waals surface area (Å²) in [5.74, 6) is 1.22. The molecular formula is C22H25N5O. The zero-order valence-electron chi connectivity index (χ0n) is 16.2. The van der Waals surface area contributed by atoms with Crippen molar-refractivity contribution in [3.63, 3.8) is 0 Å². The number of rotatable bonds is 8. The smallest absolute Gasteiger partial charge is 0.225 e. The molecule has 0 radical (unpaired) electrons. The lowest BCUT2D eigenvalue weighted by Gasteiger charge is -2.12. The fourth-order valence-electron chi connectivity index (χ4n) is 2.71. The van der Waals surface area contributed by atoms with Crippen molar-refractivity contribution in [2.45, 2.75) is 26.7 Å². The van der Waals surface area contributed by atoms with Crippen molar-refractivity contribution < 1.29 is 4.79 Å². The predicted molar refractivity (Wildman–Crippen MR) is 115 cm³/mol. The Balaban J connectivity index is 1.84. The average Bonchev–Trinajstić information content (AvgIpc) is 2.70. The molecule has 0 fully saturated rings. The lowest BCUT2D eigenvalue weighted by molar-refractivity contribution is -0.114. The molecule has 0 atom stereocenters. The van der Waals surface area contributed by atoms with E-state index in [0.29, 0.717) is 11.8 Å². The number of aromatic nitrogens is 2. The third-order valence-corrected chi connectivity index (χ3v) is 4.09. The van der Waals surface area contributed by atoms with E-state index in [1.807, 2.05) is 60.7 Å². The van der Waals surface area contributed by atoms with Crippen LogP contribution in [0.5, 0.6) is 0 Å². The maximum absolute atomic E-state index is 11.2. The van der Waals surface area contributed by atoms with Crippen LogP contribution in [0.3, 0.4) is 0 Å². The molecule has 1 heterocycles. The van der Waals surface area contributed by atoms with Crippen molar-refractivity contribution in [3.05, 3.63) is 60.7 Å². The van der Waals surface area contributed by atoms with E-state index < -0.39 is 0 Å². The molecular weight excluding hydrogens is 350 g/mol. The number of nitrogens with zero attached hydrogens (tertiary/aromatic N) is 2. The highest BCUT2D eigenvalue weighted by atomic mass is 16.1. The second kappa shape index (κ2) is 9.50. The van der Waals surface area contributed by atoms with Gasteiger partial charge in [-0.15, -0.1) is 0 Å². The van der Waals surface area contributed by atoms with Gasteiger partial charge < -0.3 is 16.0 Å². The van der Waals surface area contributed by atoms with E-state index in [1.165, 1.54) is 6.92 Å². The van der Waals surface area contributed by atoms with E-state index >= 15 is 0 Å². The molecule has 3 N–H and O–H groups in total. The van der Waals surface area contributed by atoms with Crippen LogP contribution in [-0.2, 0) is 4.79 Å². The lowest BCUT2D eigenvalue weighted by Crippen LogP contribution is -2.07. The number of carbonyl (C=O) groups excluding carboxylic acids is 1. The number of nitrogens with one attached hydrogen (secondary N) is 3. The van der Waals surface area contributed by atoms with E-state index in [-0.39, 0.29) is 5.91 Å². The van der Waals surface area contributed by atoms with Crippen LogP contribution in [0.25, 0.3) is 11.3 Å². The van der Waals surface area contributed by atoms with Gasteiger partial charge in [0.2, 0.25) is 11.9 Å². The van der Waals surface area contributed by atoms with Crippen LogP contribution < -0.4 is 16.0 Å². The van der Waals surface area contributed by atoms with E-state index in [9.17, 15) is 4.79 Å². The Hall–Kier alpha value is -3.41. The molecule has 2 aromatic carbocycles. The Bertz CT molecular complexity index is 910. The molecule has 3 rings (SSSR count). The Morgan fingerprint density at radius 3 is 2.36 bits per heavy atom. The number of hydrogen-bond donors (Lipinski definition) is 3. The molecule has 1 aromatic heterocycles. The molecule has 0 bridgehead atoms. The number of hydrogen-bond acceptors (Lipinski definition) is 5. The highest BCUT2D eigenvalue weighted by Gasteiger charge is 2.07. The number of benzene rings is 2. The summed E-state index contributed by atoms with van der Waals surface area (Å²) in [6, 6.07) is 19.5. The molecule has 3 aromatic rings. The number of unbranched alkanes of at least 4 members (excludes halogenated alkanes) is 1. The maximum Gasteiger partial charge on any atom is 0.225 e. The molecule has 0 saturated carbocycles. The van der Waals surface area contributed by atoms with E-state index in [4.69, 9.17) is 0 Å². The first-order valence-corrected chi connectivity index (χ1v) is 9.47. The standard InChI is InChI=1S/C22H25N5O/c1-3-4-14-23-22-26-20(17-8-6-5-7-9-17)15-21(27-22)25-19-12-10-18(11-13-19)24-16(2)28/h5-13,15H,3-4,14H2,1-2H3,(H,24,28)(H2,23,25,26,27). The predicted octanol–water partition coefficient (Wildman–Crippen LogP) is 5.06. The number of anilines is 4. The quantitative estimate of drug-likeness (QED) is 0.480. The first-order chi connectivity index (χ1) is 13.6. The summed E-state index contributed by atoms with van der Waals surface area (Å²) in [7, 11) is 0. The normalized spacial score (nSPS) is 10.4. The lowest BCUT2D eigenvalue weighted by atomic mass is 10.1. The SMILES string of the molecule is CCCCNc1nc(Nc2ccc(NC(C)=O)cc2)cc(-c2ccccc2)n1. The number of amides is 1. The van der Waals surface area contributed by atoms with E-state index in [2.05, 4.69) is 32.8 Å². The summed E-state index contributed by atoms with van der Waals surface area (Å²) in [4.78, 5) is 20.4. The molecule has 0 saturated heterocycles. The van der Waals surface area contributed by atoms with Crippen LogP contribution in [0.1, 0.15) is 26.7 Å². The van der Waals surface area contributed by atoms with Gasteiger partial charge in [0.1, 0.15) is 5.82 Å². The molecule has 0 aliphatic carbocycles. The van der Waals surface area contributed by atoms with Crippen LogP contribution in [0, 0.1) is 0 Å². The minimum absolute atomic E-state index is 0.0909. The van der Waals surface area contributed by atoms with Gasteiger partial charge in [0.25, 0.3) is 0 Å². The summed E-state index contributed by atoms with van der Waals surface area (Å²) < 4.78 is 0. The molecule has 6 nitrogen and oxygen atoms in total. The third-order valence-electron chi connectivity index (χ3n) is 4.09. The van der Waals surface area contributed by atoms with Crippen LogP contribution in [0.2, 0.25) is 0 Å². The summed E-state index contributed by atoms with van der Waals surface area (Å²) >= 11 is 0. The van der Waals surface area contributed by atoms with Crippen LogP contribution >= 0.6 is 0 Å². The Labute approximate surface area is 165 Å². The fourth-order valence-corrected chi connectivity index (χ4v) is 2.71. The zero-order valence-corrected chi connectivity index (χ0v) is 16.2. The number of carbonyl (C=O) groups is 1. The van der Waals surface area contributed by atoms with Crippen molar-refractivity contribution in [1.82, 2.24) is 9.97 Å². The molecule has 28 heavy (non-hydrogen) atoms. The van der Waals surface area contributed by atoms with Gasteiger partial charge in [0, 0.05) is 36.5 Å². The Kier molecular flexibility index (Phi) is 6.57. The minimum atomic E-state index is -0.0909. The largest absolute Gasteiger partial charge is 0.354 e. The van der Waals surface area contributed by atoms with Gasteiger partial charge in [-0.2, -0.15) is 4.98 Å². The van der Waals surface area contributed by atoms with Gasteiger partial charge in [-0.25, -0.2) is 4.98 Å². The summed E-state index contributed by atoms with van der Waals surface area (Å²) in [5, 5.41) is 9.39.